The zero-order valence-corrected chi connectivity index (χ0v) is 33.0. The quantitative estimate of drug-likeness (QED) is 0.0296. The van der Waals surface area contributed by atoms with Gasteiger partial charge in [-0.05, 0) is 70.6 Å². The van der Waals surface area contributed by atoms with Gasteiger partial charge in [0.25, 0.3) is 0 Å². The Bertz CT molecular complexity index is 1030. The molecule has 1 heterocycles. The van der Waals surface area contributed by atoms with Crippen LogP contribution in [0.2, 0.25) is 0 Å². The molecule has 304 valence electrons. The van der Waals surface area contributed by atoms with Crippen molar-refractivity contribution in [1.82, 2.24) is 0 Å². The highest BCUT2D eigenvalue weighted by atomic mass is 16.7. The van der Waals surface area contributed by atoms with Crippen LogP contribution in [0.15, 0.2) is 72.9 Å². The molecule has 0 spiro atoms. The minimum absolute atomic E-state index is 0.105. The van der Waals surface area contributed by atoms with Crippen LogP contribution in [-0.2, 0) is 23.7 Å². The third-order valence-corrected chi connectivity index (χ3v) is 8.87. The summed E-state index contributed by atoms with van der Waals surface area (Å²) in [5.41, 5.74) is 0. The molecule has 1 aliphatic heterocycles. The Balaban J connectivity index is 2.36. The first-order chi connectivity index (χ1) is 25.9. The summed E-state index contributed by atoms with van der Waals surface area (Å²) < 4.78 is 22.6. The minimum atomic E-state index is -1.55. The largest absolute Gasteiger partial charge is 0.457 e. The second kappa shape index (κ2) is 35.3. The second-order valence-corrected chi connectivity index (χ2v) is 13.7. The van der Waals surface area contributed by atoms with E-state index < -0.39 is 49.4 Å². The molecule has 6 unspecified atom stereocenters. The van der Waals surface area contributed by atoms with E-state index in [9.17, 15) is 25.2 Å². The van der Waals surface area contributed by atoms with Gasteiger partial charge in [0.2, 0.25) is 0 Å². The molecule has 1 rings (SSSR count). The molecule has 0 radical (unpaired) electrons. The fourth-order valence-corrected chi connectivity index (χ4v) is 5.65. The van der Waals surface area contributed by atoms with Crippen molar-refractivity contribution in [3.05, 3.63) is 72.9 Å². The van der Waals surface area contributed by atoms with Crippen molar-refractivity contribution in [2.24, 2.45) is 0 Å². The van der Waals surface area contributed by atoms with Crippen LogP contribution in [0.1, 0.15) is 136 Å². The van der Waals surface area contributed by atoms with Gasteiger partial charge < -0.3 is 39.4 Å². The lowest BCUT2D eigenvalue weighted by Gasteiger charge is -2.39. The number of carbonyl (C=O) groups excluding carboxylic acids is 1. The molecule has 0 bridgehead atoms. The monoisotopic (exact) mass is 747 g/mol. The summed E-state index contributed by atoms with van der Waals surface area (Å²) in [5.74, 6) is -0.400. The van der Waals surface area contributed by atoms with Gasteiger partial charge in [-0.1, -0.05) is 132 Å². The maximum atomic E-state index is 12.7. The van der Waals surface area contributed by atoms with E-state index in [0.717, 1.165) is 57.8 Å². The molecule has 6 atom stereocenters. The van der Waals surface area contributed by atoms with Crippen molar-refractivity contribution < 1.29 is 44.2 Å². The molecule has 1 saturated heterocycles. The number of esters is 1. The molecule has 0 aliphatic carbocycles. The van der Waals surface area contributed by atoms with Gasteiger partial charge in [-0.2, -0.15) is 0 Å². The van der Waals surface area contributed by atoms with E-state index in [1.54, 1.807) is 0 Å². The van der Waals surface area contributed by atoms with Gasteiger partial charge in [0, 0.05) is 13.0 Å². The zero-order valence-electron chi connectivity index (χ0n) is 33.0. The Labute approximate surface area is 321 Å². The molecule has 1 fully saturated rings. The van der Waals surface area contributed by atoms with Gasteiger partial charge in [0.05, 0.1) is 19.8 Å². The van der Waals surface area contributed by atoms with Gasteiger partial charge in [-0.3, -0.25) is 4.79 Å². The lowest BCUT2D eigenvalue weighted by atomic mass is 9.99. The average Bonchev–Trinajstić information content (AvgIpc) is 3.16. The predicted octanol–water partition coefficient (Wildman–Crippen LogP) is 8.52. The topological polar surface area (TPSA) is 135 Å². The molecule has 0 aromatic heterocycles. The number of aliphatic hydroxyl groups is 4. The smallest absolute Gasteiger partial charge is 0.306 e. The van der Waals surface area contributed by atoms with Crippen molar-refractivity contribution in [1.29, 1.82) is 0 Å². The number of hydrogen-bond acceptors (Lipinski definition) is 9. The van der Waals surface area contributed by atoms with Gasteiger partial charge >= 0.3 is 5.97 Å². The van der Waals surface area contributed by atoms with Crippen LogP contribution in [0.3, 0.4) is 0 Å². The van der Waals surface area contributed by atoms with E-state index in [1.165, 1.54) is 51.4 Å². The molecule has 0 amide bonds. The van der Waals surface area contributed by atoms with E-state index in [2.05, 4.69) is 74.6 Å². The molecule has 9 nitrogen and oxygen atoms in total. The zero-order chi connectivity index (χ0) is 38.6. The predicted molar refractivity (Wildman–Crippen MR) is 214 cm³/mol. The molecule has 4 N–H and O–H groups in total. The summed E-state index contributed by atoms with van der Waals surface area (Å²) in [6, 6.07) is 0. The Morgan fingerprint density at radius 2 is 1.15 bits per heavy atom. The van der Waals surface area contributed by atoms with Crippen LogP contribution in [0.5, 0.6) is 0 Å². The molecule has 9 heteroatoms. The summed E-state index contributed by atoms with van der Waals surface area (Å²) in [7, 11) is 0. The molecule has 0 aromatic carbocycles. The molecule has 1 aliphatic rings. The highest BCUT2D eigenvalue weighted by Crippen LogP contribution is 2.22. The summed E-state index contributed by atoms with van der Waals surface area (Å²) in [5, 5.41) is 40.0. The van der Waals surface area contributed by atoms with E-state index in [4.69, 9.17) is 18.9 Å². The standard InChI is InChI=1S/C44H74O9/c1-3-5-7-9-11-13-15-17-18-19-20-22-24-26-28-30-32-34-50-36-38(37-51-44-43(49)42(48)41(47)39(35-45)53-44)52-40(46)33-31-29-27-25-23-21-16-14-12-10-8-6-4-2/h6,8,12-15,18-19,21,23,27,29,38-39,41-45,47-49H,3-5,7,9-11,16-17,20,22,24-26,28,30-37H2,1-2H3/b8-6-,14-12-,15-13-,19-18-,23-21-,29-27-. The van der Waals surface area contributed by atoms with E-state index >= 15 is 0 Å². The first kappa shape index (κ1) is 48.6. The Hall–Kier alpha value is -2.37. The molecule has 53 heavy (non-hydrogen) atoms. The van der Waals surface area contributed by atoms with E-state index in [-0.39, 0.29) is 19.6 Å². The Kier molecular flexibility index (Phi) is 32.4. The average molecular weight is 747 g/mol. The maximum Gasteiger partial charge on any atom is 0.306 e. The number of ether oxygens (including phenoxy) is 4. The highest BCUT2D eigenvalue weighted by molar-refractivity contribution is 5.69. The van der Waals surface area contributed by atoms with Crippen LogP contribution in [0, 0.1) is 0 Å². The summed E-state index contributed by atoms with van der Waals surface area (Å²) in [6.45, 7) is 4.28. The van der Waals surface area contributed by atoms with Crippen molar-refractivity contribution >= 4 is 5.97 Å². The van der Waals surface area contributed by atoms with Gasteiger partial charge in [-0.25, -0.2) is 0 Å². The van der Waals surface area contributed by atoms with Gasteiger partial charge in [0.15, 0.2) is 6.29 Å². The number of rotatable bonds is 33. The summed E-state index contributed by atoms with van der Waals surface area (Å²) in [6.07, 6.45) is 38.0. The number of carbonyl (C=O) groups is 1. The van der Waals surface area contributed by atoms with Crippen molar-refractivity contribution in [2.45, 2.75) is 173 Å². The fraction of sp³-hybridized carbons (Fsp3) is 0.705. The second-order valence-electron chi connectivity index (χ2n) is 13.7. The highest BCUT2D eigenvalue weighted by Gasteiger charge is 2.44. The van der Waals surface area contributed by atoms with E-state index in [0.29, 0.717) is 13.0 Å². The minimum Gasteiger partial charge on any atom is -0.457 e. The third-order valence-electron chi connectivity index (χ3n) is 8.87. The Morgan fingerprint density at radius 1 is 0.623 bits per heavy atom. The normalized spacial score (nSPS) is 21.8. The number of allylic oxidation sites excluding steroid dienone is 12. The van der Waals surface area contributed by atoms with Crippen molar-refractivity contribution in [2.75, 3.05) is 26.4 Å². The number of aliphatic hydroxyl groups excluding tert-OH is 4. The van der Waals surface area contributed by atoms with Crippen LogP contribution in [0.25, 0.3) is 0 Å². The van der Waals surface area contributed by atoms with Crippen LogP contribution in [0.4, 0.5) is 0 Å². The summed E-state index contributed by atoms with van der Waals surface area (Å²) >= 11 is 0. The third kappa shape index (κ3) is 27.0. The molecular weight excluding hydrogens is 672 g/mol. The SMILES string of the molecule is CC/C=C\C/C=C\C/C=C\C/C=C\CCC(=O)OC(COCCCCCCCC/C=C\C/C=C\CCCCCC)COC1OC(CO)C(O)C(O)C1O. The Morgan fingerprint density at radius 3 is 1.74 bits per heavy atom. The van der Waals surface area contributed by atoms with Gasteiger partial charge in [0.1, 0.15) is 30.5 Å². The maximum absolute atomic E-state index is 12.7. The van der Waals surface area contributed by atoms with Crippen LogP contribution in [-0.4, -0.2) is 89.6 Å². The molecular formula is C44H74O9. The first-order valence-corrected chi connectivity index (χ1v) is 20.5. The van der Waals surface area contributed by atoms with Crippen LogP contribution < -0.4 is 0 Å². The number of hydrogen-bond donors (Lipinski definition) is 4. The van der Waals surface area contributed by atoms with Crippen molar-refractivity contribution in [3.63, 3.8) is 0 Å². The number of unbranched alkanes of at least 4 members (excludes halogenated alkanes) is 10. The van der Waals surface area contributed by atoms with Crippen LogP contribution >= 0.6 is 0 Å². The van der Waals surface area contributed by atoms with Gasteiger partial charge in [-0.15, -0.1) is 0 Å². The first-order valence-electron chi connectivity index (χ1n) is 20.5. The van der Waals surface area contributed by atoms with E-state index in [1.807, 2.05) is 12.2 Å². The summed E-state index contributed by atoms with van der Waals surface area (Å²) in [4.78, 5) is 12.7. The lowest BCUT2D eigenvalue weighted by Crippen LogP contribution is -2.59. The molecule has 0 saturated carbocycles. The fourth-order valence-electron chi connectivity index (χ4n) is 5.65. The lowest BCUT2D eigenvalue weighted by molar-refractivity contribution is -0.305. The van der Waals surface area contributed by atoms with Crippen molar-refractivity contribution in [3.8, 4) is 0 Å². The molecule has 0 aromatic rings.